The Morgan fingerprint density at radius 3 is 2.63 bits per heavy atom. The highest BCUT2D eigenvalue weighted by Crippen LogP contribution is 2.11. The first-order chi connectivity index (χ1) is 9.04. The number of ether oxygens (including phenoxy) is 1. The van der Waals surface area contributed by atoms with Gasteiger partial charge in [-0.25, -0.2) is 0 Å². The molecule has 1 aromatic rings. The van der Waals surface area contributed by atoms with Gasteiger partial charge in [0.15, 0.2) is 0 Å². The normalized spacial score (nSPS) is 10.6. The fraction of sp³-hybridized carbons (Fsp3) is 0.385. The molecule has 1 rings (SSSR count). The molecule has 0 aromatic heterocycles. The molecule has 104 valence electrons. The lowest BCUT2D eigenvalue weighted by atomic mass is 10.1. The molecule has 19 heavy (non-hydrogen) atoms. The number of carboxylic acids is 1. The fourth-order valence-electron chi connectivity index (χ4n) is 1.77. The summed E-state index contributed by atoms with van der Waals surface area (Å²) < 4.78 is 4.94. The highest BCUT2D eigenvalue weighted by molar-refractivity contribution is 5.94. The Bertz CT molecular complexity index is 448. The number of amides is 1. The van der Waals surface area contributed by atoms with E-state index < -0.39 is 11.9 Å². The lowest BCUT2D eigenvalue weighted by Crippen LogP contribution is -2.33. The van der Waals surface area contributed by atoms with Gasteiger partial charge < -0.3 is 15.6 Å². The minimum absolute atomic E-state index is 0.115. The quantitative estimate of drug-likeness (QED) is 0.706. The van der Waals surface area contributed by atoms with Crippen LogP contribution in [0.4, 0.5) is 0 Å². The van der Waals surface area contributed by atoms with Crippen LogP contribution in [0.3, 0.4) is 0 Å². The number of aliphatic carboxylic acids is 1. The third-order valence-electron chi connectivity index (χ3n) is 2.65. The van der Waals surface area contributed by atoms with Gasteiger partial charge in [0.05, 0.1) is 13.2 Å². The van der Waals surface area contributed by atoms with Gasteiger partial charge in [-0.05, 0) is 11.6 Å². The van der Waals surface area contributed by atoms with Crippen LogP contribution in [0.1, 0.15) is 15.9 Å². The number of methoxy groups -OCH3 is 1. The van der Waals surface area contributed by atoms with E-state index in [9.17, 15) is 9.59 Å². The topological polar surface area (TPSA) is 92.9 Å². The van der Waals surface area contributed by atoms with Crippen molar-refractivity contribution in [3.8, 4) is 0 Å². The minimum Gasteiger partial charge on any atom is -0.480 e. The second-order valence-corrected chi connectivity index (χ2v) is 4.12. The molecule has 0 bridgehead atoms. The van der Waals surface area contributed by atoms with E-state index in [1.54, 1.807) is 36.3 Å². The summed E-state index contributed by atoms with van der Waals surface area (Å²) in [5, 5.41) is 8.87. The number of carboxylic acid groups (broad SMARTS) is 1. The van der Waals surface area contributed by atoms with Gasteiger partial charge in [-0.15, -0.1) is 0 Å². The van der Waals surface area contributed by atoms with E-state index in [4.69, 9.17) is 15.6 Å². The van der Waals surface area contributed by atoms with Crippen molar-refractivity contribution in [3.63, 3.8) is 0 Å². The van der Waals surface area contributed by atoms with Gasteiger partial charge in [-0.2, -0.15) is 0 Å². The van der Waals surface area contributed by atoms with Crippen molar-refractivity contribution in [3.05, 3.63) is 35.4 Å². The third kappa shape index (κ3) is 5.07. The number of nitrogens with zero attached hydrogens (tertiary/aromatic N) is 1. The van der Waals surface area contributed by atoms with Crippen molar-refractivity contribution < 1.29 is 19.4 Å². The molecule has 0 unspecified atom stereocenters. The Balaban J connectivity index is 2.82. The Kier molecular flexibility index (Phi) is 5.98. The molecule has 0 aliphatic carbocycles. The first-order valence-electron chi connectivity index (χ1n) is 5.85. The third-order valence-corrected chi connectivity index (χ3v) is 2.65. The average molecular weight is 266 g/mol. The number of carbonyl (C=O) groups is 2. The molecule has 0 saturated heterocycles. The van der Waals surface area contributed by atoms with Gasteiger partial charge in [0.25, 0.3) is 0 Å². The number of hydrogen-bond donors (Lipinski definition) is 2. The standard InChI is InChI=1S/C13H18N2O4/c1-19-7-6-15(9-12(16)17)8-10-4-2-3-5-11(10)13(14)18/h2-5H,6-9H2,1H3,(H2,14,18)(H,16,17). The highest BCUT2D eigenvalue weighted by Gasteiger charge is 2.14. The van der Waals surface area contributed by atoms with E-state index in [0.717, 1.165) is 0 Å². The van der Waals surface area contributed by atoms with E-state index in [2.05, 4.69) is 0 Å². The molecular weight excluding hydrogens is 248 g/mol. The Morgan fingerprint density at radius 2 is 2.05 bits per heavy atom. The predicted molar refractivity (Wildman–Crippen MR) is 69.7 cm³/mol. The smallest absolute Gasteiger partial charge is 0.317 e. The summed E-state index contributed by atoms with van der Waals surface area (Å²) >= 11 is 0. The monoisotopic (exact) mass is 266 g/mol. The Morgan fingerprint density at radius 1 is 1.37 bits per heavy atom. The summed E-state index contributed by atoms with van der Waals surface area (Å²) in [5.74, 6) is -1.44. The molecule has 6 heteroatoms. The van der Waals surface area contributed by atoms with Crippen LogP contribution < -0.4 is 5.73 Å². The van der Waals surface area contributed by atoms with Crippen molar-refractivity contribution >= 4 is 11.9 Å². The van der Waals surface area contributed by atoms with Crippen LogP contribution in [0.5, 0.6) is 0 Å². The van der Waals surface area contributed by atoms with Crippen LogP contribution in [-0.4, -0.2) is 48.7 Å². The highest BCUT2D eigenvalue weighted by atomic mass is 16.5. The summed E-state index contributed by atoms with van der Waals surface area (Å²) in [6.45, 7) is 1.12. The molecular formula is C13H18N2O4. The molecule has 0 radical (unpaired) electrons. The van der Waals surface area contributed by atoms with E-state index >= 15 is 0 Å². The first kappa shape index (κ1) is 15.1. The number of carbonyl (C=O) groups excluding carboxylic acids is 1. The fourth-order valence-corrected chi connectivity index (χ4v) is 1.77. The average Bonchev–Trinajstić information content (AvgIpc) is 2.35. The maximum absolute atomic E-state index is 11.3. The van der Waals surface area contributed by atoms with Crippen molar-refractivity contribution in [2.75, 3.05) is 26.8 Å². The van der Waals surface area contributed by atoms with Crippen LogP contribution >= 0.6 is 0 Å². The summed E-state index contributed by atoms with van der Waals surface area (Å²) in [5.41, 5.74) is 6.42. The maximum Gasteiger partial charge on any atom is 0.317 e. The zero-order valence-corrected chi connectivity index (χ0v) is 10.8. The number of primary amides is 1. The summed E-state index contributed by atoms with van der Waals surface area (Å²) in [6.07, 6.45) is 0. The molecule has 0 fully saturated rings. The number of benzene rings is 1. The molecule has 3 N–H and O–H groups in total. The largest absolute Gasteiger partial charge is 0.480 e. The lowest BCUT2D eigenvalue weighted by molar-refractivity contribution is -0.138. The molecule has 1 aromatic carbocycles. The first-order valence-corrected chi connectivity index (χ1v) is 5.85. The van der Waals surface area contributed by atoms with E-state index in [0.29, 0.717) is 30.8 Å². The predicted octanol–water partition coefficient (Wildman–Crippen LogP) is 0.319. The molecule has 0 aliphatic heterocycles. The zero-order chi connectivity index (χ0) is 14.3. The number of rotatable bonds is 8. The SMILES string of the molecule is COCCN(CC(=O)O)Cc1ccccc1C(N)=O. The van der Waals surface area contributed by atoms with Gasteiger partial charge in [-0.3, -0.25) is 14.5 Å². The molecule has 0 spiro atoms. The van der Waals surface area contributed by atoms with Crippen LogP contribution in [-0.2, 0) is 16.1 Å². The second kappa shape index (κ2) is 7.50. The van der Waals surface area contributed by atoms with Crippen LogP contribution in [0, 0.1) is 0 Å². The van der Waals surface area contributed by atoms with Crippen LogP contribution in [0.2, 0.25) is 0 Å². The van der Waals surface area contributed by atoms with Gasteiger partial charge in [0.2, 0.25) is 5.91 Å². The second-order valence-electron chi connectivity index (χ2n) is 4.12. The summed E-state index contributed by atoms with van der Waals surface area (Å²) in [4.78, 5) is 23.8. The Labute approximate surface area is 111 Å². The molecule has 0 aliphatic rings. The van der Waals surface area contributed by atoms with Gasteiger partial charge in [0, 0.05) is 25.8 Å². The molecule has 6 nitrogen and oxygen atoms in total. The van der Waals surface area contributed by atoms with E-state index in [-0.39, 0.29) is 6.54 Å². The minimum atomic E-state index is -0.923. The molecule has 0 atom stereocenters. The van der Waals surface area contributed by atoms with Crippen molar-refractivity contribution in [1.82, 2.24) is 4.90 Å². The van der Waals surface area contributed by atoms with Crippen molar-refractivity contribution in [2.24, 2.45) is 5.73 Å². The lowest BCUT2D eigenvalue weighted by Gasteiger charge is -2.20. The van der Waals surface area contributed by atoms with Gasteiger partial charge >= 0.3 is 5.97 Å². The van der Waals surface area contributed by atoms with Crippen molar-refractivity contribution in [2.45, 2.75) is 6.54 Å². The number of nitrogens with two attached hydrogens (primary N) is 1. The maximum atomic E-state index is 11.3. The van der Waals surface area contributed by atoms with E-state index in [1.165, 1.54) is 0 Å². The van der Waals surface area contributed by atoms with Gasteiger partial charge in [0.1, 0.15) is 0 Å². The molecule has 1 amide bonds. The Hall–Kier alpha value is -1.92. The number of hydrogen-bond acceptors (Lipinski definition) is 4. The summed E-state index contributed by atoms with van der Waals surface area (Å²) in [7, 11) is 1.55. The summed E-state index contributed by atoms with van der Waals surface area (Å²) in [6, 6.07) is 6.91. The van der Waals surface area contributed by atoms with Gasteiger partial charge in [-0.1, -0.05) is 18.2 Å². The van der Waals surface area contributed by atoms with Crippen LogP contribution in [0.15, 0.2) is 24.3 Å². The molecule has 0 heterocycles. The van der Waals surface area contributed by atoms with E-state index in [1.807, 2.05) is 0 Å². The molecule has 0 saturated carbocycles. The van der Waals surface area contributed by atoms with Crippen LogP contribution in [0.25, 0.3) is 0 Å². The van der Waals surface area contributed by atoms with Crippen molar-refractivity contribution in [1.29, 1.82) is 0 Å². The zero-order valence-electron chi connectivity index (χ0n) is 10.8.